The highest BCUT2D eigenvalue weighted by Gasteiger charge is 2.68. The minimum atomic E-state index is -1.95. The zero-order valence-corrected chi connectivity index (χ0v) is 39.3. The first kappa shape index (κ1) is 53.7. The smallest absolute Gasteiger partial charge is 0.314 e. The van der Waals surface area contributed by atoms with Crippen LogP contribution < -0.4 is 0 Å². The van der Waals surface area contributed by atoms with Crippen LogP contribution >= 0.6 is 0 Å². The van der Waals surface area contributed by atoms with E-state index < -0.39 is 177 Å². The highest BCUT2D eigenvalue weighted by atomic mass is 16.8. The average Bonchev–Trinajstić information content (AvgIpc) is 3.33. The van der Waals surface area contributed by atoms with E-state index in [2.05, 4.69) is 6.92 Å². The predicted octanol–water partition coefficient (Wildman–Crippen LogP) is -4.68. The Morgan fingerprint density at radius 2 is 1.06 bits per heavy atom. The zero-order chi connectivity index (χ0) is 50.3. The Kier molecular flexibility index (Phi) is 15.7. The Balaban J connectivity index is 1.15. The second kappa shape index (κ2) is 20.2. The van der Waals surface area contributed by atoms with Gasteiger partial charge in [-0.2, -0.15) is 0 Å². The summed E-state index contributed by atoms with van der Waals surface area (Å²) < 4.78 is 48.8. The third-order valence-corrected chi connectivity index (χ3v) is 18.0. The van der Waals surface area contributed by atoms with E-state index in [4.69, 9.17) is 37.9 Å². The lowest BCUT2D eigenvalue weighted by molar-refractivity contribution is -0.369. The Morgan fingerprint density at radius 1 is 0.580 bits per heavy atom. The van der Waals surface area contributed by atoms with E-state index in [-0.39, 0.29) is 11.8 Å². The summed E-state index contributed by atoms with van der Waals surface area (Å²) in [5, 5.41) is 149. The van der Waals surface area contributed by atoms with Gasteiger partial charge in [-0.05, 0) is 99.0 Å². The molecule has 4 heterocycles. The maximum atomic E-state index is 14.5. The summed E-state index contributed by atoms with van der Waals surface area (Å²) in [5.41, 5.74) is -1.70. The number of carbonyl (C=O) groups is 1. The fourth-order valence-corrected chi connectivity index (χ4v) is 14.2. The summed E-state index contributed by atoms with van der Waals surface area (Å²) in [6.07, 6.45) is -28.6. The van der Waals surface area contributed by atoms with E-state index in [1.165, 1.54) is 0 Å². The monoisotopic (exact) mass is 994 g/mol. The molecule has 0 amide bonds. The first-order valence-electron chi connectivity index (χ1n) is 24.2. The van der Waals surface area contributed by atoms with E-state index >= 15 is 0 Å². The molecule has 4 aliphatic heterocycles. The lowest BCUT2D eigenvalue weighted by atomic mass is 9.37. The average molecular weight is 995 g/mol. The fraction of sp³-hybridized carbons (Fsp3) is 0.935. The Morgan fingerprint density at radius 3 is 1.58 bits per heavy atom. The number of carbonyl (C=O) groups excluding carboxylic acids is 1. The van der Waals surface area contributed by atoms with Crippen LogP contribution in [0.1, 0.15) is 78.6 Å². The fourth-order valence-electron chi connectivity index (χ4n) is 14.2. The highest BCUT2D eigenvalue weighted by Crippen LogP contribution is 2.72. The van der Waals surface area contributed by atoms with Gasteiger partial charge in [-0.1, -0.05) is 13.3 Å². The maximum absolute atomic E-state index is 14.5. The molecule has 3 saturated carbocycles. The second-order valence-corrected chi connectivity index (χ2v) is 21.5. The molecule has 2 bridgehead atoms. The molecule has 23 nitrogen and oxygen atoms in total. The van der Waals surface area contributed by atoms with Gasteiger partial charge in [-0.15, -0.1) is 0 Å². The molecule has 69 heavy (non-hydrogen) atoms. The Bertz CT molecular complexity index is 1840. The summed E-state index contributed by atoms with van der Waals surface area (Å²) in [7, 11) is 1.61. The third kappa shape index (κ3) is 8.84. The van der Waals surface area contributed by atoms with Crippen molar-refractivity contribution in [3.8, 4) is 0 Å². The van der Waals surface area contributed by atoms with Crippen molar-refractivity contribution >= 4 is 5.97 Å². The number of fused-ring (bicyclic) bond motifs is 3. The van der Waals surface area contributed by atoms with Gasteiger partial charge in [0.2, 0.25) is 6.29 Å². The standard InChI is InChI=1S/C46H74O23/c1-18-19(36-38(68-40-34(59)31(56)27(52)21(14-48)65-40)37(29(54)23(16-50)63-36)67-39-33(58)30(55)26(51)20(13-47)64-39)12-45-10-6-24-43(2,25(45)7-11-46(18,17-45)62-4)8-5-9-44(24,3)42(61)69-41-35(60)32(57)28(53)22(15-49)66-41/h20-41,47-60H,5-17H2,1-4H3/t20?,21?,22?,23?,24-,25-,26?,27?,28?,29?,30?,31?,32?,33?,34?,35?,36?,37?,38?,39?,40?,41?,43+,44+,45+,46-/m0/s1. The molecule has 4 aliphatic carbocycles. The van der Waals surface area contributed by atoms with Gasteiger partial charge >= 0.3 is 5.97 Å². The molecule has 8 aliphatic rings. The maximum Gasteiger partial charge on any atom is 0.314 e. The van der Waals surface area contributed by atoms with Crippen molar-refractivity contribution in [3.63, 3.8) is 0 Å². The second-order valence-electron chi connectivity index (χ2n) is 21.5. The van der Waals surface area contributed by atoms with Crippen LogP contribution in [0.3, 0.4) is 0 Å². The van der Waals surface area contributed by atoms with Gasteiger partial charge in [0.25, 0.3) is 0 Å². The minimum absolute atomic E-state index is 0.0661. The number of hydrogen-bond acceptors (Lipinski definition) is 23. The molecule has 26 atom stereocenters. The number of hydrogen-bond donors (Lipinski definition) is 14. The quantitative estimate of drug-likeness (QED) is 0.0645. The summed E-state index contributed by atoms with van der Waals surface area (Å²) in [6, 6.07) is 0. The normalized spacial score (nSPS) is 53.5. The summed E-state index contributed by atoms with van der Waals surface area (Å²) in [6.45, 7) is 2.82. The Hall–Kier alpha value is -1.63. The van der Waals surface area contributed by atoms with Gasteiger partial charge < -0.3 is 109 Å². The van der Waals surface area contributed by atoms with Gasteiger partial charge in [0, 0.05) is 7.11 Å². The highest BCUT2D eigenvalue weighted by molar-refractivity contribution is 5.77. The van der Waals surface area contributed by atoms with Crippen LogP contribution in [0.4, 0.5) is 0 Å². The van der Waals surface area contributed by atoms with Crippen molar-refractivity contribution in [2.45, 2.75) is 207 Å². The summed E-state index contributed by atoms with van der Waals surface area (Å²) in [4.78, 5) is 14.5. The van der Waals surface area contributed by atoms with Crippen molar-refractivity contribution < 1.29 is 114 Å². The number of aliphatic hydroxyl groups excluding tert-OH is 14. The lowest BCUT2D eigenvalue weighted by Crippen LogP contribution is -2.68. The topological polar surface area (TPSA) is 374 Å². The molecule has 7 fully saturated rings. The van der Waals surface area contributed by atoms with E-state index in [0.717, 1.165) is 12.0 Å². The molecular weight excluding hydrogens is 920 g/mol. The van der Waals surface area contributed by atoms with Crippen LogP contribution in [0.15, 0.2) is 11.1 Å². The van der Waals surface area contributed by atoms with Gasteiger partial charge in [0.15, 0.2) is 12.6 Å². The molecule has 8 rings (SSSR count). The first-order valence-corrected chi connectivity index (χ1v) is 24.2. The van der Waals surface area contributed by atoms with Crippen LogP contribution in [0.25, 0.3) is 0 Å². The molecule has 0 aromatic carbocycles. The van der Waals surface area contributed by atoms with Crippen LogP contribution in [-0.2, 0) is 42.7 Å². The number of esters is 1. The molecule has 23 heteroatoms. The van der Waals surface area contributed by atoms with Crippen molar-refractivity contribution in [2.24, 2.45) is 28.1 Å². The number of methoxy groups -OCH3 is 1. The van der Waals surface area contributed by atoms with Crippen LogP contribution in [0.5, 0.6) is 0 Å². The van der Waals surface area contributed by atoms with Crippen molar-refractivity contribution in [1.29, 1.82) is 0 Å². The van der Waals surface area contributed by atoms with Gasteiger partial charge in [0.1, 0.15) is 104 Å². The molecule has 20 unspecified atom stereocenters. The van der Waals surface area contributed by atoms with E-state index in [1.54, 1.807) is 7.11 Å². The number of rotatable bonds is 12. The first-order chi connectivity index (χ1) is 32.6. The molecule has 396 valence electrons. The van der Waals surface area contributed by atoms with Crippen LogP contribution in [-0.4, -0.2) is 239 Å². The van der Waals surface area contributed by atoms with Crippen LogP contribution in [0, 0.1) is 28.1 Å². The van der Waals surface area contributed by atoms with E-state index in [1.807, 2.05) is 13.8 Å². The molecule has 4 saturated heterocycles. The van der Waals surface area contributed by atoms with Crippen molar-refractivity contribution in [2.75, 3.05) is 33.5 Å². The van der Waals surface area contributed by atoms with Crippen molar-refractivity contribution in [3.05, 3.63) is 11.1 Å². The largest absolute Gasteiger partial charge is 0.432 e. The number of ether oxygens (including phenoxy) is 8. The molecule has 0 aromatic rings. The van der Waals surface area contributed by atoms with Crippen LogP contribution in [0.2, 0.25) is 0 Å². The molecular formula is C46H74O23. The predicted molar refractivity (Wildman–Crippen MR) is 229 cm³/mol. The van der Waals surface area contributed by atoms with E-state index in [0.29, 0.717) is 56.9 Å². The van der Waals surface area contributed by atoms with Gasteiger partial charge in [-0.3, -0.25) is 4.79 Å². The Labute approximate surface area is 399 Å². The van der Waals surface area contributed by atoms with Gasteiger partial charge in [-0.25, -0.2) is 0 Å². The molecule has 0 aromatic heterocycles. The molecule has 0 radical (unpaired) electrons. The SMILES string of the molecule is CO[C@]12CC[C@@H]3[C@](CC[C@H]4[C@@]3(C)CCC[C@@]4(C)C(=O)OC3OC(CO)C(O)C(O)C3O)(CC(C3OC(CO)C(O)C(OC4OC(CO)C(O)C(O)C4O)C3OC3OC(CO)C(O)C(O)C3O)=C1C)C2. The minimum Gasteiger partial charge on any atom is -0.432 e. The summed E-state index contributed by atoms with van der Waals surface area (Å²) in [5.74, 6) is -0.969. The number of aliphatic hydroxyl groups is 14. The van der Waals surface area contributed by atoms with Gasteiger partial charge in [0.05, 0.1) is 37.4 Å². The third-order valence-electron chi connectivity index (χ3n) is 18.0. The lowest BCUT2D eigenvalue weighted by Gasteiger charge is -2.68. The van der Waals surface area contributed by atoms with E-state index in [9.17, 15) is 76.3 Å². The zero-order valence-electron chi connectivity index (χ0n) is 39.3. The molecule has 1 spiro atoms. The van der Waals surface area contributed by atoms with Crippen molar-refractivity contribution in [1.82, 2.24) is 0 Å². The molecule has 14 N–H and O–H groups in total. The summed E-state index contributed by atoms with van der Waals surface area (Å²) >= 11 is 0.